The molecule has 1 atom stereocenters. The van der Waals surface area contributed by atoms with Crippen LogP contribution in [0.5, 0.6) is 5.75 Å². The molecule has 0 radical (unpaired) electrons. The SMILES string of the molecule is CC(C)NC(=O)[C@H](C)N(Cc1cccc(Br)c1)C(=O)COc1ccccc1C(C)C. The molecule has 0 heterocycles. The molecule has 0 aliphatic carbocycles. The average molecular weight is 475 g/mol. The van der Waals surface area contributed by atoms with Gasteiger partial charge >= 0.3 is 0 Å². The number of benzene rings is 2. The van der Waals surface area contributed by atoms with E-state index >= 15 is 0 Å². The van der Waals surface area contributed by atoms with Crippen LogP contribution in [0.1, 0.15) is 51.7 Å². The van der Waals surface area contributed by atoms with E-state index in [1.807, 2.05) is 62.4 Å². The standard InChI is InChI=1S/C24H31BrN2O3/c1-16(2)21-11-6-7-12-22(21)30-15-23(28)27(18(5)24(29)26-17(3)4)14-19-9-8-10-20(25)13-19/h6-13,16-18H,14-15H2,1-5H3,(H,26,29)/t18-/m0/s1. The van der Waals surface area contributed by atoms with E-state index in [-0.39, 0.29) is 30.4 Å². The third-order valence-electron chi connectivity index (χ3n) is 4.73. The van der Waals surface area contributed by atoms with E-state index in [1.165, 1.54) is 0 Å². The minimum Gasteiger partial charge on any atom is -0.483 e. The monoisotopic (exact) mass is 474 g/mol. The van der Waals surface area contributed by atoms with Gasteiger partial charge < -0.3 is 15.0 Å². The van der Waals surface area contributed by atoms with Gasteiger partial charge in [0.2, 0.25) is 5.91 Å². The Morgan fingerprint density at radius 1 is 1.03 bits per heavy atom. The number of hydrogen-bond acceptors (Lipinski definition) is 3. The van der Waals surface area contributed by atoms with E-state index in [0.717, 1.165) is 15.6 Å². The second kappa shape index (κ2) is 11.2. The summed E-state index contributed by atoms with van der Waals surface area (Å²) in [6, 6.07) is 14.8. The van der Waals surface area contributed by atoms with Crippen LogP contribution in [0.4, 0.5) is 0 Å². The summed E-state index contributed by atoms with van der Waals surface area (Å²) < 4.78 is 6.81. The van der Waals surface area contributed by atoms with E-state index in [2.05, 4.69) is 35.1 Å². The van der Waals surface area contributed by atoms with Crippen molar-refractivity contribution in [3.63, 3.8) is 0 Å². The van der Waals surface area contributed by atoms with Crippen molar-refractivity contribution in [1.82, 2.24) is 10.2 Å². The van der Waals surface area contributed by atoms with Crippen molar-refractivity contribution in [2.45, 2.75) is 59.2 Å². The van der Waals surface area contributed by atoms with Crippen molar-refractivity contribution in [3.05, 3.63) is 64.1 Å². The average Bonchev–Trinajstić information content (AvgIpc) is 2.69. The number of ether oxygens (including phenoxy) is 1. The maximum Gasteiger partial charge on any atom is 0.261 e. The van der Waals surface area contributed by atoms with Crippen LogP contribution in [-0.4, -0.2) is 35.4 Å². The summed E-state index contributed by atoms with van der Waals surface area (Å²) in [6.07, 6.45) is 0. The number of carbonyl (C=O) groups is 2. The van der Waals surface area contributed by atoms with Gasteiger partial charge in [0.05, 0.1) is 0 Å². The number of carbonyl (C=O) groups excluding carboxylic acids is 2. The number of rotatable bonds is 9. The van der Waals surface area contributed by atoms with Gasteiger partial charge in [-0.2, -0.15) is 0 Å². The lowest BCUT2D eigenvalue weighted by Crippen LogP contribution is -2.50. The van der Waals surface area contributed by atoms with Crippen molar-refractivity contribution >= 4 is 27.7 Å². The Bertz CT molecular complexity index is 867. The van der Waals surface area contributed by atoms with Gasteiger partial charge in [0.25, 0.3) is 5.91 Å². The van der Waals surface area contributed by atoms with Crippen molar-refractivity contribution in [3.8, 4) is 5.75 Å². The third-order valence-corrected chi connectivity index (χ3v) is 5.23. The molecule has 0 bridgehead atoms. The second-order valence-corrected chi connectivity index (χ2v) is 8.89. The van der Waals surface area contributed by atoms with Crippen molar-refractivity contribution in [2.24, 2.45) is 0 Å². The fourth-order valence-electron chi connectivity index (χ4n) is 3.13. The van der Waals surface area contributed by atoms with Crippen molar-refractivity contribution in [2.75, 3.05) is 6.61 Å². The first-order valence-electron chi connectivity index (χ1n) is 10.2. The molecule has 2 aromatic carbocycles. The molecular weight excluding hydrogens is 444 g/mol. The van der Waals surface area contributed by atoms with E-state index in [9.17, 15) is 9.59 Å². The molecule has 30 heavy (non-hydrogen) atoms. The molecule has 5 nitrogen and oxygen atoms in total. The summed E-state index contributed by atoms with van der Waals surface area (Å²) in [5, 5.41) is 2.89. The zero-order valence-electron chi connectivity index (χ0n) is 18.3. The Balaban J connectivity index is 2.20. The first-order chi connectivity index (χ1) is 14.2. The summed E-state index contributed by atoms with van der Waals surface area (Å²) in [6.45, 7) is 9.91. The molecule has 0 aliphatic rings. The fourth-order valence-corrected chi connectivity index (χ4v) is 3.58. The highest BCUT2D eigenvalue weighted by atomic mass is 79.9. The normalized spacial score (nSPS) is 12.0. The van der Waals surface area contributed by atoms with Crippen LogP contribution in [0.15, 0.2) is 53.0 Å². The van der Waals surface area contributed by atoms with Gasteiger partial charge in [-0.3, -0.25) is 9.59 Å². The van der Waals surface area contributed by atoms with Crippen LogP contribution in [0, 0.1) is 0 Å². The molecule has 1 N–H and O–H groups in total. The number of amides is 2. The molecule has 6 heteroatoms. The van der Waals surface area contributed by atoms with Gasteiger partial charge in [0, 0.05) is 17.1 Å². The highest BCUT2D eigenvalue weighted by Gasteiger charge is 2.27. The molecule has 0 fully saturated rings. The summed E-state index contributed by atoms with van der Waals surface area (Å²) in [5.41, 5.74) is 1.99. The quantitative estimate of drug-likeness (QED) is 0.562. The Morgan fingerprint density at radius 2 is 1.73 bits per heavy atom. The second-order valence-electron chi connectivity index (χ2n) is 7.97. The first-order valence-corrected chi connectivity index (χ1v) is 11.0. The topological polar surface area (TPSA) is 58.6 Å². The lowest BCUT2D eigenvalue weighted by atomic mass is 10.0. The van der Waals surface area contributed by atoms with E-state index in [0.29, 0.717) is 12.3 Å². The van der Waals surface area contributed by atoms with Gasteiger partial charge in [0.1, 0.15) is 11.8 Å². The van der Waals surface area contributed by atoms with E-state index in [4.69, 9.17) is 4.74 Å². The molecule has 2 aromatic rings. The zero-order valence-corrected chi connectivity index (χ0v) is 19.9. The largest absolute Gasteiger partial charge is 0.483 e. The molecule has 0 unspecified atom stereocenters. The number of nitrogens with zero attached hydrogens (tertiary/aromatic N) is 1. The van der Waals surface area contributed by atoms with Gasteiger partial charge in [0.15, 0.2) is 6.61 Å². The molecule has 2 amide bonds. The lowest BCUT2D eigenvalue weighted by Gasteiger charge is -2.29. The molecule has 0 saturated carbocycles. The number of nitrogens with one attached hydrogen (secondary N) is 1. The summed E-state index contributed by atoms with van der Waals surface area (Å²) in [7, 11) is 0. The van der Waals surface area contributed by atoms with E-state index in [1.54, 1.807) is 11.8 Å². The Kier molecular flexibility index (Phi) is 8.90. The van der Waals surface area contributed by atoms with Gasteiger partial charge in [-0.15, -0.1) is 0 Å². The fraction of sp³-hybridized carbons (Fsp3) is 0.417. The first kappa shape index (κ1) is 23.9. The van der Waals surface area contributed by atoms with Crippen LogP contribution >= 0.6 is 15.9 Å². The molecule has 0 saturated heterocycles. The van der Waals surface area contributed by atoms with E-state index < -0.39 is 6.04 Å². The molecule has 0 spiro atoms. The highest BCUT2D eigenvalue weighted by Crippen LogP contribution is 2.26. The van der Waals surface area contributed by atoms with Crippen molar-refractivity contribution < 1.29 is 14.3 Å². The van der Waals surface area contributed by atoms with Crippen LogP contribution in [0.25, 0.3) is 0 Å². The van der Waals surface area contributed by atoms with Gasteiger partial charge in [-0.05, 0) is 56.0 Å². The van der Waals surface area contributed by atoms with Gasteiger partial charge in [-0.25, -0.2) is 0 Å². The van der Waals surface area contributed by atoms with Gasteiger partial charge in [-0.1, -0.05) is 60.1 Å². The molecular formula is C24H31BrN2O3. The number of halogens is 1. The highest BCUT2D eigenvalue weighted by molar-refractivity contribution is 9.10. The van der Waals surface area contributed by atoms with Crippen molar-refractivity contribution in [1.29, 1.82) is 0 Å². The predicted molar refractivity (Wildman–Crippen MR) is 123 cm³/mol. The lowest BCUT2D eigenvalue weighted by molar-refractivity contribution is -0.142. The van der Waals surface area contributed by atoms with Crippen LogP contribution < -0.4 is 10.1 Å². The predicted octanol–water partition coefficient (Wildman–Crippen LogP) is 4.89. The summed E-state index contributed by atoms with van der Waals surface area (Å²) in [4.78, 5) is 27.3. The summed E-state index contributed by atoms with van der Waals surface area (Å²) in [5.74, 6) is 0.559. The Hall–Kier alpha value is -2.34. The molecule has 0 aliphatic heterocycles. The Morgan fingerprint density at radius 3 is 2.37 bits per heavy atom. The number of hydrogen-bond donors (Lipinski definition) is 1. The van der Waals surface area contributed by atoms with Crippen LogP contribution in [-0.2, 0) is 16.1 Å². The minimum atomic E-state index is -0.622. The maximum atomic E-state index is 13.1. The molecule has 162 valence electrons. The minimum absolute atomic E-state index is 0.00283. The smallest absolute Gasteiger partial charge is 0.261 e. The third kappa shape index (κ3) is 6.87. The maximum absolute atomic E-state index is 13.1. The van der Waals surface area contributed by atoms with Crippen LogP contribution in [0.3, 0.4) is 0 Å². The zero-order chi connectivity index (χ0) is 22.3. The number of para-hydroxylation sites is 1. The summed E-state index contributed by atoms with van der Waals surface area (Å²) >= 11 is 3.46. The molecule has 0 aromatic heterocycles. The Labute approximate surface area is 187 Å². The molecule has 2 rings (SSSR count). The van der Waals surface area contributed by atoms with Crippen LogP contribution in [0.2, 0.25) is 0 Å².